The van der Waals surface area contributed by atoms with Crippen molar-refractivity contribution in [3.8, 4) is 11.8 Å². The number of aliphatic hydroxyl groups is 1. The summed E-state index contributed by atoms with van der Waals surface area (Å²) in [5.74, 6) is 5.37. The van der Waals surface area contributed by atoms with E-state index in [1.165, 1.54) is 6.42 Å². The Morgan fingerprint density at radius 1 is 1.40 bits per heavy atom. The van der Waals surface area contributed by atoms with E-state index >= 15 is 0 Å². The second kappa shape index (κ2) is 6.53. The standard InChI is InChI=1S/C16H20N2O2/c1-12-5-3-6-13(2)18(12)16(20)15-9-14(7-4-8-19)10-17-11-15/h9-13,19H,3,5-6,8H2,1-2H3. The van der Waals surface area contributed by atoms with Crippen molar-refractivity contribution >= 4 is 5.91 Å². The van der Waals surface area contributed by atoms with Gasteiger partial charge >= 0.3 is 0 Å². The molecule has 0 spiro atoms. The minimum Gasteiger partial charge on any atom is -0.384 e. The number of carbonyl (C=O) groups excluding carboxylic acids is 1. The highest BCUT2D eigenvalue weighted by Crippen LogP contribution is 2.24. The Hall–Kier alpha value is -1.86. The van der Waals surface area contributed by atoms with E-state index in [0.717, 1.165) is 12.8 Å². The Labute approximate surface area is 119 Å². The van der Waals surface area contributed by atoms with Gasteiger partial charge in [0.05, 0.1) is 5.56 Å². The lowest BCUT2D eigenvalue weighted by Gasteiger charge is -2.39. The molecule has 1 aliphatic heterocycles. The summed E-state index contributed by atoms with van der Waals surface area (Å²) in [6, 6.07) is 2.27. The number of likely N-dealkylation sites (tertiary alicyclic amines) is 1. The van der Waals surface area contributed by atoms with Gasteiger partial charge in [-0.1, -0.05) is 11.8 Å². The summed E-state index contributed by atoms with van der Waals surface area (Å²) in [5.41, 5.74) is 1.22. The number of rotatable bonds is 1. The molecule has 0 aliphatic carbocycles. The summed E-state index contributed by atoms with van der Waals surface area (Å²) >= 11 is 0. The van der Waals surface area contributed by atoms with E-state index in [9.17, 15) is 4.79 Å². The zero-order chi connectivity index (χ0) is 14.5. The Kier molecular flexibility index (Phi) is 4.75. The monoisotopic (exact) mass is 272 g/mol. The van der Waals surface area contributed by atoms with Gasteiger partial charge in [-0.25, -0.2) is 0 Å². The van der Waals surface area contributed by atoms with Crippen LogP contribution in [0.15, 0.2) is 18.5 Å². The molecule has 2 unspecified atom stereocenters. The molecule has 0 saturated carbocycles. The molecule has 1 fully saturated rings. The van der Waals surface area contributed by atoms with Crippen LogP contribution in [0, 0.1) is 11.8 Å². The molecule has 1 N–H and O–H groups in total. The molecular formula is C16H20N2O2. The first-order valence-electron chi connectivity index (χ1n) is 7.01. The molecular weight excluding hydrogens is 252 g/mol. The SMILES string of the molecule is CC1CCCC(C)N1C(=O)c1cncc(C#CCO)c1. The van der Waals surface area contributed by atoms with Gasteiger partial charge in [0.25, 0.3) is 5.91 Å². The van der Waals surface area contributed by atoms with Gasteiger partial charge in [0.1, 0.15) is 6.61 Å². The van der Waals surface area contributed by atoms with E-state index in [1.54, 1.807) is 18.5 Å². The van der Waals surface area contributed by atoms with E-state index in [1.807, 2.05) is 4.90 Å². The fraction of sp³-hybridized carbons (Fsp3) is 0.500. The first-order chi connectivity index (χ1) is 9.63. The Morgan fingerprint density at radius 3 is 2.75 bits per heavy atom. The van der Waals surface area contributed by atoms with Crippen LogP contribution in [0.3, 0.4) is 0 Å². The molecule has 1 amide bonds. The average molecular weight is 272 g/mol. The molecule has 2 rings (SSSR count). The second-order valence-electron chi connectivity index (χ2n) is 5.26. The molecule has 0 aromatic carbocycles. The van der Waals surface area contributed by atoms with Crippen molar-refractivity contribution in [2.75, 3.05) is 6.61 Å². The van der Waals surface area contributed by atoms with Gasteiger partial charge in [-0.2, -0.15) is 0 Å². The predicted octanol–water partition coefficient (Wildman–Crippen LogP) is 1.83. The second-order valence-corrected chi connectivity index (χ2v) is 5.26. The number of aliphatic hydroxyl groups excluding tert-OH is 1. The van der Waals surface area contributed by atoms with E-state index in [4.69, 9.17) is 5.11 Å². The van der Waals surface area contributed by atoms with Crippen molar-refractivity contribution in [1.29, 1.82) is 0 Å². The molecule has 1 aromatic rings. The van der Waals surface area contributed by atoms with E-state index < -0.39 is 0 Å². The van der Waals surface area contributed by atoms with Crippen molar-refractivity contribution in [2.24, 2.45) is 0 Å². The largest absolute Gasteiger partial charge is 0.384 e. The van der Waals surface area contributed by atoms with Gasteiger partial charge in [0, 0.05) is 30.0 Å². The third kappa shape index (κ3) is 3.17. The highest BCUT2D eigenvalue weighted by molar-refractivity contribution is 5.94. The number of hydrogen-bond donors (Lipinski definition) is 1. The Balaban J connectivity index is 2.24. The first kappa shape index (κ1) is 14.5. The van der Waals surface area contributed by atoms with Crippen LogP contribution < -0.4 is 0 Å². The summed E-state index contributed by atoms with van der Waals surface area (Å²) in [5, 5.41) is 8.71. The molecule has 1 aromatic heterocycles. The number of nitrogens with zero attached hydrogens (tertiary/aromatic N) is 2. The average Bonchev–Trinajstić information content (AvgIpc) is 2.45. The smallest absolute Gasteiger partial charge is 0.255 e. The maximum atomic E-state index is 12.6. The summed E-state index contributed by atoms with van der Waals surface area (Å²) in [6.07, 6.45) is 6.45. The van der Waals surface area contributed by atoms with Gasteiger partial charge in [0.15, 0.2) is 0 Å². The summed E-state index contributed by atoms with van der Waals surface area (Å²) in [7, 11) is 0. The van der Waals surface area contributed by atoms with Crippen molar-refractivity contribution in [1.82, 2.24) is 9.88 Å². The van der Waals surface area contributed by atoms with Crippen LogP contribution in [-0.2, 0) is 0 Å². The third-order valence-electron chi connectivity index (χ3n) is 3.73. The van der Waals surface area contributed by atoms with Crippen LogP contribution in [-0.4, -0.2) is 39.6 Å². The van der Waals surface area contributed by atoms with Gasteiger partial charge in [-0.05, 0) is 39.2 Å². The normalized spacial score (nSPS) is 22.1. The van der Waals surface area contributed by atoms with E-state index in [0.29, 0.717) is 11.1 Å². The zero-order valence-electron chi connectivity index (χ0n) is 12.0. The maximum absolute atomic E-state index is 12.6. The van der Waals surface area contributed by atoms with Crippen molar-refractivity contribution < 1.29 is 9.90 Å². The Bertz CT molecular complexity index is 535. The highest BCUT2D eigenvalue weighted by Gasteiger charge is 2.29. The molecule has 20 heavy (non-hydrogen) atoms. The third-order valence-corrected chi connectivity index (χ3v) is 3.73. The molecule has 2 heterocycles. The summed E-state index contributed by atoms with van der Waals surface area (Å²) in [6.45, 7) is 3.99. The van der Waals surface area contributed by atoms with Crippen LogP contribution in [0.5, 0.6) is 0 Å². The molecule has 106 valence electrons. The molecule has 4 nitrogen and oxygen atoms in total. The number of aromatic nitrogens is 1. The lowest BCUT2D eigenvalue weighted by molar-refractivity contribution is 0.0510. The molecule has 0 bridgehead atoms. The van der Waals surface area contributed by atoms with Gasteiger partial charge in [-0.15, -0.1) is 0 Å². The van der Waals surface area contributed by atoms with Crippen LogP contribution in [0.4, 0.5) is 0 Å². The zero-order valence-corrected chi connectivity index (χ0v) is 12.0. The van der Waals surface area contributed by atoms with Crippen molar-refractivity contribution in [2.45, 2.75) is 45.2 Å². The predicted molar refractivity (Wildman–Crippen MR) is 77.1 cm³/mol. The molecule has 0 radical (unpaired) electrons. The van der Waals surface area contributed by atoms with Crippen LogP contribution in [0.25, 0.3) is 0 Å². The molecule has 4 heteroatoms. The van der Waals surface area contributed by atoms with Crippen LogP contribution in [0.1, 0.15) is 49.0 Å². The van der Waals surface area contributed by atoms with Crippen molar-refractivity contribution in [3.05, 3.63) is 29.6 Å². The number of hydrogen-bond acceptors (Lipinski definition) is 3. The number of piperidine rings is 1. The number of pyridine rings is 1. The maximum Gasteiger partial charge on any atom is 0.255 e. The topological polar surface area (TPSA) is 53.4 Å². The fourth-order valence-electron chi connectivity index (χ4n) is 2.74. The van der Waals surface area contributed by atoms with Crippen LogP contribution >= 0.6 is 0 Å². The molecule has 2 atom stereocenters. The van der Waals surface area contributed by atoms with Gasteiger partial charge < -0.3 is 10.0 Å². The first-order valence-corrected chi connectivity index (χ1v) is 7.01. The van der Waals surface area contributed by atoms with E-state index in [2.05, 4.69) is 30.7 Å². The molecule has 1 saturated heterocycles. The lowest BCUT2D eigenvalue weighted by atomic mass is 9.96. The minimum absolute atomic E-state index is 0.0184. The highest BCUT2D eigenvalue weighted by atomic mass is 16.2. The summed E-state index contributed by atoms with van der Waals surface area (Å²) < 4.78 is 0. The molecule has 1 aliphatic rings. The van der Waals surface area contributed by atoms with Gasteiger partial charge in [0.2, 0.25) is 0 Å². The number of amides is 1. The van der Waals surface area contributed by atoms with Crippen LogP contribution in [0.2, 0.25) is 0 Å². The van der Waals surface area contributed by atoms with Gasteiger partial charge in [-0.3, -0.25) is 9.78 Å². The fourth-order valence-corrected chi connectivity index (χ4v) is 2.74. The summed E-state index contributed by atoms with van der Waals surface area (Å²) in [4.78, 5) is 18.7. The van der Waals surface area contributed by atoms with E-state index in [-0.39, 0.29) is 24.6 Å². The Morgan fingerprint density at radius 2 is 2.10 bits per heavy atom. The van der Waals surface area contributed by atoms with Crippen molar-refractivity contribution in [3.63, 3.8) is 0 Å². The minimum atomic E-state index is -0.196. The lowest BCUT2D eigenvalue weighted by Crippen LogP contribution is -2.47. The number of carbonyl (C=O) groups is 1. The quantitative estimate of drug-likeness (QED) is 0.794.